The summed E-state index contributed by atoms with van der Waals surface area (Å²) in [5, 5.41) is 0. The van der Waals surface area contributed by atoms with Gasteiger partial charge in [-0.25, -0.2) is 9.59 Å². The maximum Gasteiger partial charge on any atom is 0.338 e. The van der Waals surface area contributed by atoms with E-state index in [2.05, 4.69) is 38.1 Å². The lowest BCUT2D eigenvalue weighted by molar-refractivity contribution is -0.0908. The Hall–Kier alpha value is -4.18. The second-order valence-electron chi connectivity index (χ2n) is 9.88. The number of carbonyl (C=O) groups is 2. The van der Waals surface area contributed by atoms with Crippen LogP contribution in [0.4, 0.5) is 0 Å². The van der Waals surface area contributed by atoms with E-state index in [4.69, 9.17) is 9.47 Å². The lowest BCUT2D eigenvalue weighted by atomic mass is 9.47. The molecule has 36 heavy (non-hydrogen) atoms. The van der Waals surface area contributed by atoms with E-state index >= 15 is 0 Å². The average Bonchev–Trinajstić information content (AvgIpc) is 2.93. The minimum Gasteiger partial charge on any atom is -0.453 e. The number of rotatable bonds is 4. The minimum absolute atomic E-state index is 0.436. The molecule has 0 aromatic heterocycles. The van der Waals surface area contributed by atoms with Gasteiger partial charge in [0.25, 0.3) is 0 Å². The Morgan fingerprint density at radius 1 is 0.500 bits per heavy atom. The smallest absolute Gasteiger partial charge is 0.338 e. The summed E-state index contributed by atoms with van der Waals surface area (Å²) in [5.41, 5.74) is 3.85. The molecule has 0 heterocycles. The van der Waals surface area contributed by atoms with Crippen LogP contribution in [-0.4, -0.2) is 24.1 Å². The first kappa shape index (κ1) is 22.3. The van der Waals surface area contributed by atoms with E-state index in [0.717, 1.165) is 22.3 Å². The quantitative estimate of drug-likeness (QED) is 0.337. The van der Waals surface area contributed by atoms with Gasteiger partial charge in [-0.15, -0.1) is 0 Å². The van der Waals surface area contributed by atoms with Crippen molar-refractivity contribution >= 4 is 11.9 Å². The number of hydrogen-bond donors (Lipinski definition) is 0. The van der Waals surface area contributed by atoms with E-state index in [1.54, 1.807) is 24.3 Å². The average molecular weight is 475 g/mol. The van der Waals surface area contributed by atoms with Crippen molar-refractivity contribution in [3.63, 3.8) is 0 Å². The van der Waals surface area contributed by atoms with Gasteiger partial charge in [-0.05, 0) is 60.4 Å². The van der Waals surface area contributed by atoms with Crippen molar-refractivity contribution in [1.29, 1.82) is 0 Å². The Morgan fingerprint density at radius 3 is 1.08 bits per heavy atom. The van der Waals surface area contributed by atoms with Crippen LogP contribution < -0.4 is 0 Å². The van der Waals surface area contributed by atoms with Gasteiger partial charge in [0.2, 0.25) is 0 Å². The Morgan fingerprint density at radius 2 is 0.778 bits per heavy atom. The molecule has 7 rings (SSSR count). The van der Waals surface area contributed by atoms with Gasteiger partial charge < -0.3 is 9.47 Å². The lowest BCUT2D eigenvalue weighted by Crippen LogP contribution is -2.66. The molecule has 0 spiro atoms. The van der Waals surface area contributed by atoms with Gasteiger partial charge in [0, 0.05) is 0 Å². The Labute approximate surface area is 210 Å². The molecule has 4 nitrogen and oxygen atoms in total. The lowest BCUT2D eigenvalue weighted by Gasteiger charge is -2.59. The summed E-state index contributed by atoms with van der Waals surface area (Å²) in [6.45, 7) is 4.19. The first-order valence-electron chi connectivity index (χ1n) is 12.2. The molecule has 0 amide bonds. The Bertz CT molecular complexity index is 1300. The number of fused-ring (bicyclic) bond motifs is 1. The number of hydrogen-bond acceptors (Lipinski definition) is 4. The highest BCUT2D eigenvalue weighted by atomic mass is 16.6. The topological polar surface area (TPSA) is 52.6 Å². The third-order valence-electron chi connectivity index (χ3n) is 7.99. The van der Waals surface area contributed by atoms with Crippen LogP contribution in [0, 0.1) is 0 Å². The van der Waals surface area contributed by atoms with Gasteiger partial charge in [0.05, 0.1) is 22.0 Å². The van der Waals surface area contributed by atoms with Gasteiger partial charge in [-0.3, -0.25) is 0 Å². The summed E-state index contributed by atoms with van der Waals surface area (Å²) in [6, 6.07) is 34.3. The molecule has 2 atom stereocenters. The monoisotopic (exact) mass is 474 g/mol. The van der Waals surface area contributed by atoms with Crippen molar-refractivity contribution in [3.05, 3.63) is 143 Å². The number of carbonyl (C=O) groups excluding carboxylic acids is 2. The van der Waals surface area contributed by atoms with Crippen LogP contribution in [0.1, 0.15) is 56.8 Å². The van der Waals surface area contributed by atoms with E-state index in [0.29, 0.717) is 11.1 Å². The largest absolute Gasteiger partial charge is 0.453 e. The molecule has 0 aliphatic heterocycles. The van der Waals surface area contributed by atoms with Crippen molar-refractivity contribution in [2.45, 2.75) is 36.9 Å². The highest BCUT2D eigenvalue weighted by molar-refractivity contribution is 5.91. The summed E-state index contributed by atoms with van der Waals surface area (Å²) in [4.78, 5) is 26.8. The van der Waals surface area contributed by atoms with Crippen molar-refractivity contribution in [2.75, 3.05) is 0 Å². The molecule has 3 aliphatic carbocycles. The Balaban J connectivity index is 1.54. The van der Waals surface area contributed by atoms with Crippen LogP contribution in [-0.2, 0) is 20.3 Å². The summed E-state index contributed by atoms with van der Waals surface area (Å²) >= 11 is 0. The molecular weight excluding hydrogens is 448 g/mol. The van der Waals surface area contributed by atoms with Crippen LogP contribution in [0.3, 0.4) is 0 Å². The maximum atomic E-state index is 13.4. The molecule has 4 heteroatoms. The van der Waals surface area contributed by atoms with E-state index in [1.165, 1.54) is 0 Å². The van der Waals surface area contributed by atoms with Gasteiger partial charge in [-0.2, -0.15) is 0 Å². The fourth-order valence-corrected chi connectivity index (χ4v) is 6.16. The fourth-order valence-electron chi connectivity index (χ4n) is 6.16. The van der Waals surface area contributed by atoms with Crippen LogP contribution >= 0.6 is 0 Å². The minimum atomic E-state index is -0.729. The molecule has 0 radical (unpaired) electrons. The molecule has 0 fully saturated rings. The van der Waals surface area contributed by atoms with Gasteiger partial charge in [-0.1, -0.05) is 84.9 Å². The van der Waals surface area contributed by atoms with Crippen molar-refractivity contribution in [1.82, 2.24) is 0 Å². The third kappa shape index (κ3) is 3.07. The molecule has 0 saturated carbocycles. The summed E-state index contributed by atoms with van der Waals surface area (Å²) in [7, 11) is 0. The second kappa shape index (κ2) is 8.20. The molecule has 2 unspecified atom stereocenters. The number of esters is 2. The Kier molecular flexibility index (Phi) is 5.08. The molecular formula is C32H26O4. The maximum absolute atomic E-state index is 13.4. The first-order valence-corrected chi connectivity index (χ1v) is 12.2. The summed E-state index contributed by atoms with van der Waals surface area (Å²) in [6.07, 6.45) is -1.46. The zero-order chi connectivity index (χ0) is 24.9. The standard InChI is InChI=1S/C32H26O4/c1-31-23-17-9-11-19-25(23)32(2,26-20-12-10-18-24(26)31)28(36-30(34)22-15-7-4-8-16-22)27(31)35-29(33)21-13-5-3-6-14-21/h3-20,27-28H,1-2H3/t27?,28?,31-,32+. The molecule has 2 bridgehead atoms. The number of benzene rings is 4. The second-order valence-corrected chi connectivity index (χ2v) is 9.88. The molecule has 4 aromatic carbocycles. The van der Waals surface area contributed by atoms with Crippen LogP contribution in [0.2, 0.25) is 0 Å². The van der Waals surface area contributed by atoms with Crippen LogP contribution in [0.25, 0.3) is 0 Å². The zero-order valence-electron chi connectivity index (χ0n) is 20.2. The molecule has 0 saturated heterocycles. The fraction of sp³-hybridized carbons (Fsp3) is 0.188. The van der Waals surface area contributed by atoms with Gasteiger partial charge in [0.1, 0.15) is 0 Å². The molecule has 178 valence electrons. The van der Waals surface area contributed by atoms with E-state index < -0.39 is 35.0 Å². The molecule has 0 N–H and O–H groups in total. The normalized spacial score (nSPS) is 25.4. The van der Waals surface area contributed by atoms with Crippen molar-refractivity contribution in [2.24, 2.45) is 0 Å². The van der Waals surface area contributed by atoms with Crippen LogP contribution in [0.5, 0.6) is 0 Å². The van der Waals surface area contributed by atoms with Crippen molar-refractivity contribution in [3.8, 4) is 0 Å². The predicted molar refractivity (Wildman–Crippen MR) is 137 cm³/mol. The molecule has 4 aromatic rings. The predicted octanol–water partition coefficient (Wildman–Crippen LogP) is 6.08. The van der Waals surface area contributed by atoms with E-state index in [-0.39, 0.29) is 0 Å². The highest BCUT2D eigenvalue weighted by Crippen LogP contribution is 2.60. The zero-order valence-corrected chi connectivity index (χ0v) is 20.2. The number of ether oxygens (including phenoxy) is 2. The molecule has 3 aliphatic rings. The summed E-state index contributed by atoms with van der Waals surface area (Å²) < 4.78 is 12.7. The SMILES string of the molecule is C[C@]12c3ccccc3[C@](C)(c3ccccc31)C(OC(=O)c1ccccc1)C2OC(=O)c1ccccc1. The van der Waals surface area contributed by atoms with Crippen molar-refractivity contribution < 1.29 is 19.1 Å². The van der Waals surface area contributed by atoms with E-state index in [9.17, 15) is 9.59 Å². The first-order chi connectivity index (χ1) is 17.5. The summed E-state index contributed by atoms with van der Waals surface area (Å²) in [5.74, 6) is -0.873. The highest BCUT2D eigenvalue weighted by Gasteiger charge is 2.65. The van der Waals surface area contributed by atoms with Gasteiger partial charge in [0.15, 0.2) is 12.2 Å². The van der Waals surface area contributed by atoms with Gasteiger partial charge >= 0.3 is 11.9 Å². The van der Waals surface area contributed by atoms with E-state index in [1.807, 2.05) is 60.7 Å². The van der Waals surface area contributed by atoms with Crippen LogP contribution in [0.15, 0.2) is 109 Å². The third-order valence-corrected chi connectivity index (χ3v) is 7.99.